The van der Waals surface area contributed by atoms with E-state index in [1.54, 1.807) is 23.1 Å². The highest BCUT2D eigenvalue weighted by Gasteiger charge is 2.35. The Morgan fingerprint density at radius 1 is 1.13 bits per heavy atom. The fourth-order valence-corrected chi connectivity index (χ4v) is 4.48. The Balaban J connectivity index is 1.44. The lowest BCUT2D eigenvalue weighted by atomic mass is 9.90. The molecule has 0 unspecified atom stereocenters. The topological polar surface area (TPSA) is 76.9 Å². The van der Waals surface area contributed by atoms with Crippen molar-refractivity contribution in [2.24, 2.45) is 5.92 Å². The fourth-order valence-electron chi connectivity index (χ4n) is 4.10. The van der Waals surface area contributed by atoms with E-state index in [0.29, 0.717) is 52.2 Å². The second-order valence-electron chi connectivity index (χ2n) is 7.90. The van der Waals surface area contributed by atoms with E-state index in [9.17, 15) is 9.59 Å². The van der Waals surface area contributed by atoms with Crippen LogP contribution < -0.4 is 4.74 Å². The molecule has 2 aromatic rings. The van der Waals surface area contributed by atoms with Gasteiger partial charge in [0, 0.05) is 61.8 Å². The van der Waals surface area contributed by atoms with E-state index < -0.39 is 0 Å². The molecule has 0 N–H and O–H groups in total. The Morgan fingerprint density at radius 2 is 1.97 bits per heavy atom. The fraction of sp³-hybridized carbons (Fsp3) is 0.500. The molecule has 9 heteroatoms. The van der Waals surface area contributed by atoms with Crippen LogP contribution in [0.5, 0.6) is 5.75 Å². The zero-order valence-electron chi connectivity index (χ0n) is 17.4. The summed E-state index contributed by atoms with van der Waals surface area (Å²) in [4.78, 5) is 29.4. The van der Waals surface area contributed by atoms with Crippen molar-refractivity contribution in [2.75, 3.05) is 39.4 Å². The predicted octanol–water partition coefficient (Wildman–Crippen LogP) is 2.19. The third-order valence-electron chi connectivity index (χ3n) is 5.76. The molecule has 0 bridgehead atoms. The van der Waals surface area contributed by atoms with E-state index in [1.807, 2.05) is 34.1 Å². The molecule has 0 radical (unpaired) electrons. The zero-order chi connectivity index (χ0) is 21.6. The van der Waals surface area contributed by atoms with E-state index in [0.717, 1.165) is 10.2 Å². The maximum Gasteiger partial charge on any atom is 0.244 e. The summed E-state index contributed by atoms with van der Waals surface area (Å²) in [6, 6.07) is 9.52. The normalized spacial score (nSPS) is 21.7. The van der Waals surface area contributed by atoms with E-state index in [-0.39, 0.29) is 30.4 Å². The third-order valence-corrected chi connectivity index (χ3v) is 6.25. The van der Waals surface area contributed by atoms with Gasteiger partial charge in [0.15, 0.2) is 0 Å². The lowest BCUT2D eigenvalue weighted by Gasteiger charge is -2.39. The van der Waals surface area contributed by atoms with Gasteiger partial charge in [-0.25, -0.2) is 0 Å². The van der Waals surface area contributed by atoms with Crippen molar-refractivity contribution in [3.8, 4) is 5.75 Å². The molecule has 1 aromatic carbocycles. The summed E-state index contributed by atoms with van der Waals surface area (Å²) in [6.07, 6.45) is 4.34. The molecule has 0 saturated carbocycles. The molecule has 0 aliphatic carbocycles. The molecule has 2 amide bonds. The molecule has 8 nitrogen and oxygen atoms in total. The largest absolute Gasteiger partial charge is 0.490 e. The Bertz CT molecular complexity index is 885. The second-order valence-corrected chi connectivity index (χ2v) is 8.82. The predicted molar refractivity (Wildman–Crippen MR) is 117 cm³/mol. The number of nitrogens with zero attached hydrogens (tertiary/aromatic N) is 4. The molecule has 3 heterocycles. The Kier molecular flexibility index (Phi) is 7.24. The van der Waals surface area contributed by atoms with Crippen LogP contribution in [-0.4, -0.2) is 76.9 Å². The Hall–Kier alpha value is -2.39. The number of benzene rings is 1. The quantitative estimate of drug-likeness (QED) is 0.620. The first-order valence-electron chi connectivity index (χ1n) is 10.6. The average molecular weight is 491 g/mol. The Labute approximate surface area is 190 Å². The average Bonchev–Trinajstić information content (AvgIpc) is 3.28. The van der Waals surface area contributed by atoms with E-state index >= 15 is 0 Å². The van der Waals surface area contributed by atoms with E-state index in [2.05, 4.69) is 21.0 Å². The first kappa shape index (κ1) is 21.8. The van der Waals surface area contributed by atoms with Crippen LogP contribution in [0.4, 0.5) is 0 Å². The van der Waals surface area contributed by atoms with Gasteiger partial charge < -0.3 is 19.3 Å². The van der Waals surface area contributed by atoms with Gasteiger partial charge >= 0.3 is 0 Å². The van der Waals surface area contributed by atoms with Gasteiger partial charge in [0.25, 0.3) is 0 Å². The number of morpholine rings is 1. The molecule has 166 valence electrons. The number of likely N-dealkylation sites (tertiary alicyclic amines) is 1. The molecule has 1 aromatic heterocycles. The van der Waals surface area contributed by atoms with Crippen LogP contribution >= 0.6 is 15.9 Å². The van der Waals surface area contributed by atoms with Gasteiger partial charge in [-0.2, -0.15) is 5.10 Å². The minimum absolute atomic E-state index is 0.00780. The minimum Gasteiger partial charge on any atom is -0.490 e. The SMILES string of the molecule is O=C(C[C@H]1CN(C(=O)Cn2cccn2)CC[C@@H]1Oc1cccc(Br)c1)N1CCOCC1. The van der Waals surface area contributed by atoms with Gasteiger partial charge in [0.2, 0.25) is 11.8 Å². The third kappa shape index (κ3) is 5.86. The Morgan fingerprint density at radius 3 is 2.71 bits per heavy atom. The molecule has 2 aliphatic heterocycles. The van der Waals surface area contributed by atoms with Crippen LogP contribution in [-0.2, 0) is 20.9 Å². The number of halogens is 1. The molecule has 2 aliphatic rings. The first-order valence-corrected chi connectivity index (χ1v) is 11.4. The van der Waals surface area contributed by atoms with Gasteiger partial charge in [-0.1, -0.05) is 22.0 Å². The van der Waals surface area contributed by atoms with Crippen molar-refractivity contribution in [2.45, 2.75) is 25.5 Å². The lowest BCUT2D eigenvalue weighted by Crippen LogP contribution is -2.51. The monoisotopic (exact) mass is 490 g/mol. The van der Waals surface area contributed by atoms with Crippen molar-refractivity contribution in [1.82, 2.24) is 19.6 Å². The van der Waals surface area contributed by atoms with Crippen LogP contribution in [0, 0.1) is 5.92 Å². The van der Waals surface area contributed by atoms with Gasteiger partial charge in [-0.3, -0.25) is 14.3 Å². The molecule has 0 spiro atoms. The van der Waals surface area contributed by atoms with Crippen LogP contribution in [0.15, 0.2) is 47.2 Å². The highest BCUT2D eigenvalue weighted by atomic mass is 79.9. The number of hydrogen-bond acceptors (Lipinski definition) is 5. The number of hydrogen-bond donors (Lipinski definition) is 0. The number of piperidine rings is 1. The summed E-state index contributed by atoms with van der Waals surface area (Å²) in [5.74, 6) is 0.787. The molecule has 4 rings (SSSR count). The summed E-state index contributed by atoms with van der Waals surface area (Å²) < 4.78 is 14.2. The maximum absolute atomic E-state index is 12.9. The van der Waals surface area contributed by atoms with Crippen molar-refractivity contribution >= 4 is 27.7 Å². The standard InChI is InChI=1S/C22H27BrN4O4/c23-18-3-1-4-19(14-18)31-20-5-8-26(22(29)16-27-7-2-6-24-27)15-17(20)13-21(28)25-9-11-30-12-10-25/h1-4,6-7,14,17,20H,5,8-13,15-16H2/t17-,20-/m0/s1. The summed E-state index contributed by atoms with van der Waals surface area (Å²) >= 11 is 3.48. The van der Waals surface area contributed by atoms with Gasteiger partial charge in [0.05, 0.1) is 13.2 Å². The van der Waals surface area contributed by atoms with Crippen LogP contribution in [0.1, 0.15) is 12.8 Å². The first-order chi connectivity index (χ1) is 15.1. The highest BCUT2D eigenvalue weighted by molar-refractivity contribution is 9.10. The molecule has 2 fully saturated rings. The van der Waals surface area contributed by atoms with Crippen LogP contribution in [0.2, 0.25) is 0 Å². The molecule has 2 saturated heterocycles. The molecule has 2 atom stereocenters. The van der Waals surface area contributed by atoms with Crippen molar-refractivity contribution in [3.63, 3.8) is 0 Å². The number of carbonyl (C=O) groups excluding carboxylic acids is 2. The zero-order valence-corrected chi connectivity index (χ0v) is 18.9. The van der Waals surface area contributed by atoms with Crippen molar-refractivity contribution < 1.29 is 19.1 Å². The number of aromatic nitrogens is 2. The smallest absolute Gasteiger partial charge is 0.244 e. The molecule has 31 heavy (non-hydrogen) atoms. The maximum atomic E-state index is 12.9. The number of ether oxygens (including phenoxy) is 2. The second kappa shape index (κ2) is 10.3. The van der Waals surface area contributed by atoms with Crippen molar-refractivity contribution in [1.29, 1.82) is 0 Å². The summed E-state index contributed by atoms with van der Waals surface area (Å²) in [7, 11) is 0. The lowest BCUT2D eigenvalue weighted by molar-refractivity contribution is -0.141. The highest BCUT2D eigenvalue weighted by Crippen LogP contribution is 2.28. The number of rotatable bonds is 6. The molecular weight excluding hydrogens is 464 g/mol. The van der Waals surface area contributed by atoms with Crippen LogP contribution in [0.25, 0.3) is 0 Å². The van der Waals surface area contributed by atoms with E-state index in [4.69, 9.17) is 9.47 Å². The minimum atomic E-state index is -0.131. The number of carbonyl (C=O) groups is 2. The van der Waals surface area contributed by atoms with E-state index in [1.165, 1.54) is 0 Å². The summed E-state index contributed by atoms with van der Waals surface area (Å²) in [5.41, 5.74) is 0. The van der Waals surface area contributed by atoms with Gasteiger partial charge in [-0.15, -0.1) is 0 Å². The molecular formula is C22H27BrN4O4. The summed E-state index contributed by atoms with van der Waals surface area (Å²) in [6.45, 7) is 3.67. The van der Waals surface area contributed by atoms with Crippen LogP contribution in [0.3, 0.4) is 0 Å². The van der Waals surface area contributed by atoms with Gasteiger partial charge in [0.1, 0.15) is 18.4 Å². The van der Waals surface area contributed by atoms with Crippen molar-refractivity contribution in [3.05, 3.63) is 47.2 Å². The van der Waals surface area contributed by atoms with Gasteiger partial charge in [-0.05, 0) is 24.3 Å². The number of amides is 2. The summed E-state index contributed by atoms with van der Waals surface area (Å²) in [5, 5.41) is 4.13.